The average molecular weight is 307 g/mol. The minimum absolute atomic E-state index is 0.686. The van der Waals surface area contributed by atoms with Crippen molar-refractivity contribution in [3.8, 4) is 0 Å². The molecule has 22 heavy (non-hydrogen) atoms. The van der Waals surface area contributed by atoms with E-state index in [9.17, 15) is 0 Å². The molecule has 0 aliphatic heterocycles. The average Bonchev–Trinajstić information content (AvgIpc) is 2.31. The molecule has 0 aromatic carbocycles. The van der Waals surface area contributed by atoms with E-state index in [1.165, 1.54) is 38.5 Å². The first-order valence-electron chi connectivity index (χ1n) is 9.59. The number of rotatable bonds is 11. The van der Waals surface area contributed by atoms with Crippen LogP contribution in [0.2, 0.25) is 0 Å². The molecule has 0 saturated heterocycles. The van der Waals surface area contributed by atoms with Crippen molar-refractivity contribution in [1.29, 1.82) is 0 Å². The van der Waals surface area contributed by atoms with Gasteiger partial charge in [-0.3, -0.25) is 0 Å². The first-order valence-corrected chi connectivity index (χ1v) is 9.59. The molecule has 0 saturated carbocycles. The molecule has 0 amide bonds. The first-order chi connectivity index (χ1) is 10.2. The molecular weight excluding hydrogens is 264 g/mol. The third kappa shape index (κ3) is 13.2. The fourth-order valence-corrected chi connectivity index (χ4v) is 3.20. The van der Waals surface area contributed by atoms with Crippen LogP contribution >= 0.6 is 0 Å². The van der Waals surface area contributed by atoms with Crippen molar-refractivity contribution in [1.82, 2.24) is 0 Å². The quantitative estimate of drug-likeness (QED) is 0.270. The van der Waals surface area contributed by atoms with Gasteiger partial charge in [-0.15, -0.1) is 0 Å². The summed E-state index contributed by atoms with van der Waals surface area (Å²) in [7, 11) is 0. The lowest BCUT2D eigenvalue weighted by atomic mass is 9.92. The molecule has 0 atom stereocenters. The minimum Gasteiger partial charge on any atom is -0.0828 e. The Morgan fingerprint density at radius 3 is 1.14 bits per heavy atom. The van der Waals surface area contributed by atoms with Gasteiger partial charge in [0.15, 0.2) is 0 Å². The second kappa shape index (κ2) is 12.0. The molecule has 130 valence electrons. The van der Waals surface area contributed by atoms with Crippen LogP contribution in [0.15, 0.2) is 23.3 Å². The second-order valence-electron chi connectivity index (χ2n) is 8.54. The molecule has 0 rings (SSSR count). The summed E-state index contributed by atoms with van der Waals surface area (Å²) in [6, 6.07) is 0. The molecule has 0 aromatic rings. The van der Waals surface area contributed by atoms with Gasteiger partial charge in [-0.05, 0) is 62.2 Å². The Kier molecular flexibility index (Phi) is 11.7. The van der Waals surface area contributed by atoms with Crippen molar-refractivity contribution in [3.63, 3.8) is 0 Å². The van der Waals surface area contributed by atoms with Crippen LogP contribution in [0, 0.1) is 23.7 Å². The van der Waals surface area contributed by atoms with E-state index < -0.39 is 0 Å². The number of hydrogen-bond acceptors (Lipinski definition) is 0. The van der Waals surface area contributed by atoms with Gasteiger partial charge >= 0.3 is 0 Å². The molecule has 0 radical (unpaired) electrons. The summed E-state index contributed by atoms with van der Waals surface area (Å²) >= 11 is 0. The highest BCUT2D eigenvalue weighted by atomic mass is 14.1. The Labute approximate surface area is 141 Å². The molecule has 0 aliphatic carbocycles. The maximum Gasteiger partial charge on any atom is -0.0288 e. The number of allylic oxidation sites excluding steroid dienone is 4. The minimum atomic E-state index is 0.686. The van der Waals surface area contributed by atoms with Gasteiger partial charge in [0.25, 0.3) is 0 Å². The molecular formula is C22H42. The third-order valence-electron chi connectivity index (χ3n) is 3.72. The summed E-state index contributed by atoms with van der Waals surface area (Å²) in [5.74, 6) is 2.93. The summed E-state index contributed by atoms with van der Waals surface area (Å²) in [4.78, 5) is 0. The van der Waals surface area contributed by atoms with Crippen LogP contribution in [-0.4, -0.2) is 0 Å². The monoisotopic (exact) mass is 306 g/mol. The maximum atomic E-state index is 2.50. The Bertz CT molecular complexity index is 292. The normalized spacial score (nSPS) is 14.0. The van der Waals surface area contributed by atoms with Gasteiger partial charge in [0.1, 0.15) is 0 Å². The van der Waals surface area contributed by atoms with Crippen molar-refractivity contribution in [2.75, 3.05) is 0 Å². The molecule has 0 nitrogen and oxygen atoms in total. The zero-order chi connectivity index (χ0) is 17.1. The molecule has 0 fully saturated rings. The highest BCUT2D eigenvalue weighted by molar-refractivity contribution is 5.06. The highest BCUT2D eigenvalue weighted by Gasteiger charge is 2.06. The molecule has 0 bridgehead atoms. The summed E-state index contributed by atoms with van der Waals surface area (Å²) in [6.45, 7) is 18.5. The molecule has 0 N–H and O–H groups in total. The smallest absolute Gasteiger partial charge is 0.0288 e. The first kappa shape index (κ1) is 21.5. The molecule has 0 aliphatic rings. The molecule has 0 spiro atoms. The van der Waals surface area contributed by atoms with Gasteiger partial charge in [-0.25, -0.2) is 0 Å². The number of hydrogen-bond donors (Lipinski definition) is 0. The fourth-order valence-electron chi connectivity index (χ4n) is 3.20. The fraction of sp³-hybridized carbons (Fsp3) is 0.818. The van der Waals surface area contributed by atoms with Crippen LogP contribution in [0.4, 0.5) is 0 Å². The van der Waals surface area contributed by atoms with E-state index in [-0.39, 0.29) is 0 Å². The predicted octanol–water partition coefficient (Wildman–Crippen LogP) is 7.80. The van der Waals surface area contributed by atoms with Crippen LogP contribution < -0.4 is 0 Å². The van der Waals surface area contributed by atoms with E-state index in [2.05, 4.69) is 67.5 Å². The van der Waals surface area contributed by atoms with Crippen molar-refractivity contribution in [3.05, 3.63) is 23.3 Å². The Balaban J connectivity index is 4.34. The summed E-state index contributed by atoms with van der Waals surface area (Å²) < 4.78 is 0. The van der Waals surface area contributed by atoms with Gasteiger partial charge in [0.05, 0.1) is 0 Å². The van der Waals surface area contributed by atoms with Gasteiger partial charge in [-0.1, -0.05) is 78.7 Å². The van der Waals surface area contributed by atoms with E-state index in [0.717, 1.165) is 11.8 Å². The second-order valence-corrected chi connectivity index (χ2v) is 8.54. The van der Waals surface area contributed by atoms with E-state index >= 15 is 0 Å². The van der Waals surface area contributed by atoms with Crippen LogP contribution in [0.1, 0.15) is 93.9 Å². The number of unbranched alkanes of at least 4 members (excludes halogenated alkanes) is 1. The van der Waals surface area contributed by atoms with E-state index in [0.29, 0.717) is 11.8 Å². The van der Waals surface area contributed by atoms with Gasteiger partial charge in [0.2, 0.25) is 0 Å². The Morgan fingerprint density at radius 2 is 0.909 bits per heavy atom. The van der Waals surface area contributed by atoms with Crippen molar-refractivity contribution < 1.29 is 0 Å². The standard InChI is InChI=1S/C22H42/c1-17(2)13-21(14-18(3)4)11-9-10-12-22(15-19(5)6)16-20(7)8/h13,15,17-20H,9-12,14,16H2,1-8H3/b21-13+,22-15+. The van der Waals surface area contributed by atoms with E-state index in [4.69, 9.17) is 0 Å². The predicted molar refractivity (Wildman–Crippen MR) is 103 cm³/mol. The Morgan fingerprint density at radius 1 is 0.591 bits per heavy atom. The highest BCUT2D eigenvalue weighted by Crippen LogP contribution is 2.23. The van der Waals surface area contributed by atoms with Crippen molar-refractivity contribution in [2.45, 2.75) is 93.9 Å². The zero-order valence-corrected chi connectivity index (χ0v) is 16.7. The molecule has 0 unspecified atom stereocenters. The SMILES string of the molecule is CC(C)/C=C(\CCCC/C(=C\C(C)C)CC(C)C)CC(C)C. The summed E-state index contributed by atoms with van der Waals surface area (Å²) in [5.41, 5.74) is 3.37. The van der Waals surface area contributed by atoms with E-state index in [1.54, 1.807) is 11.1 Å². The van der Waals surface area contributed by atoms with E-state index in [1.807, 2.05) is 0 Å². The van der Waals surface area contributed by atoms with Crippen LogP contribution in [0.5, 0.6) is 0 Å². The van der Waals surface area contributed by atoms with Gasteiger partial charge in [-0.2, -0.15) is 0 Å². The maximum absolute atomic E-state index is 2.50. The molecule has 0 heteroatoms. The van der Waals surface area contributed by atoms with Crippen LogP contribution in [0.25, 0.3) is 0 Å². The zero-order valence-electron chi connectivity index (χ0n) is 16.7. The summed E-state index contributed by atoms with van der Waals surface area (Å²) in [5, 5.41) is 0. The lowest BCUT2D eigenvalue weighted by Crippen LogP contribution is -1.97. The molecule has 0 aromatic heterocycles. The topological polar surface area (TPSA) is 0 Å². The van der Waals surface area contributed by atoms with Gasteiger partial charge < -0.3 is 0 Å². The molecule has 0 heterocycles. The largest absolute Gasteiger partial charge is 0.0828 e. The van der Waals surface area contributed by atoms with Crippen LogP contribution in [-0.2, 0) is 0 Å². The lowest BCUT2D eigenvalue weighted by molar-refractivity contribution is 0.581. The lowest BCUT2D eigenvalue weighted by Gasteiger charge is -2.14. The summed E-state index contributed by atoms with van der Waals surface area (Å²) in [6.07, 6.45) is 12.8. The van der Waals surface area contributed by atoms with Gasteiger partial charge in [0, 0.05) is 0 Å². The van der Waals surface area contributed by atoms with Crippen molar-refractivity contribution in [2.24, 2.45) is 23.7 Å². The Hall–Kier alpha value is -0.520. The van der Waals surface area contributed by atoms with Crippen molar-refractivity contribution >= 4 is 0 Å². The third-order valence-corrected chi connectivity index (χ3v) is 3.72. The van der Waals surface area contributed by atoms with Crippen LogP contribution in [0.3, 0.4) is 0 Å².